The van der Waals surface area contributed by atoms with E-state index in [9.17, 15) is 13.2 Å². The van der Waals surface area contributed by atoms with E-state index < -0.39 is 11.7 Å². The van der Waals surface area contributed by atoms with Crippen LogP contribution in [-0.4, -0.2) is 21.5 Å². The van der Waals surface area contributed by atoms with Gasteiger partial charge in [0.25, 0.3) is 0 Å². The van der Waals surface area contributed by atoms with E-state index in [1.54, 1.807) is 17.1 Å². The van der Waals surface area contributed by atoms with Gasteiger partial charge in [-0.2, -0.15) is 18.3 Å². The molecule has 0 aliphatic rings. The maximum absolute atomic E-state index is 12.5. The average molecular weight is 320 g/mol. The zero-order valence-electron chi connectivity index (χ0n) is 10.9. The topological polar surface area (TPSA) is 50.1 Å². The molecule has 21 heavy (non-hydrogen) atoms. The number of hydrogen-bond donors (Lipinski definition) is 2. The number of aromatic nitrogens is 2. The molecule has 114 valence electrons. The highest BCUT2D eigenvalue weighted by molar-refractivity contribution is 6.33. The third-order valence-electron chi connectivity index (χ3n) is 2.80. The van der Waals surface area contributed by atoms with E-state index in [0.717, 1.165) is 17.7 Å². The fourth-order valence-corrected chi connectivity index (χ4v) is 2.00. The second-order valence-corrected chi connectivity index (χ2v) is 4.79. The molecule has 0 unspecified atom stereocenters. The highest BCUT2D eigenvalue weighted by Gasteiger charge is 2.30. The molecule has 2 N–H and O–H groups in total. The normalized spacial score (nSPS) is 11.7. The molecular formula is C13H13ClF3N3O. The number of anilines is 1. The summed E-state index contributed by atoms with van der Waals surface area (Å²) in [6.07, 6.45) is -1.06. The number of nitrogens with zero attached hydrogens (tertiary/aromatic N) is 2. The zero-order valence-corrected chi connectivity index (χ0v) is 11.6. The summed E-state index contributed by atoms with van der Waals surface area (Å²) in [5, 5.41) is 15.8. The maximum atomic E-state index is 12.5. The SMILES string of the molecule is OCCn1cc(CNc2ccc(C(F)(F)F)cc2Cl)cn1. The summed E-state index contributed by atoms with van der Waals surface area (Å²) in [7, 11) is 0. The van der Waals surface area contributed by atoms with E-state index in [-0.39, 0.29) is 11.6 Å². The van der Waals surface area contributed by atoms with Crippen LogP contribution in [0.2, 0.25) is 5.02 Å². The van der Waals surface area contributed by atoms with Crippen molar-refractivity contribution in [2.75, 3.05) is 11.9 Å². The van der Waals surface area contributed by atoms with Crippen LogP contribution in [0.4, 0.5) is 18.9 Å². The Morgan fingerprint density at radius 3 is 2.71 bits per heavy atom. The van der Waals surface area contributed by atoms with Crippen molar-refractivity contribution in [1.82, 2.24) is 9.78 Å². The Balaban J connectivity index is 2.02. The molecule has 1 heterocycles. The first-order chi connectivity index (χ1) is 9.90. The molecule has 0 bridgehead atoms. The Morgan fingerprint density at radius 1 is 1.33 bits per heavy atom. The summed E-state index contributed by atoms with van der Waals surface area (Å²) in [4.78, 5) is 0. The van der Waals surface area contributed by atoms with Crippen molar-refractivity contribution in [3.05, 3.63) is 46.7 Å². The quantitative estimate of drug-likeness (QED) is 0.890. The molecule has 1 aromatic heterocycles. The first kappa shape index (κ1) is 15.7. The second-order valence-electron chi connectivity index (χ2n) is 4.38. The van der Waals surface area contributed by atoms with E-state index in [0.29, 0.717) is 18.8 Å². The summed E-state index contributed by atoms with van der Waals surface area (Å²) < 4.78 is 39.1. The third-order valence-corrected chi connectivity index (χ3v) is 3.11. The molecule has 0 aliphatic carbocycles. The standard InChI is InChI=1S/C13H13ClF3N3O/c14-11-5-10(13(15,16)17)1-2-12(11)18-6-9-7-19-20(8-9)3-4-21/h1-2,5,7-8,18,21H,3-4,6H2. The Bertz CT molecular complexity index is 613. The number of halogens is 4. The lowest BCUT2D eigenvalue weighted by molar-refractivity contribution is -0.137. The van der Waals surface area contributed by atoms with E-state index >= 15 is 0 Å². The van der Waals surface area contributed by atoms with Crippen LogP contribution >= 0.6 is 11.6 Å². The lowest BCUT2D eigenvalue weighted by Crippen LogP contribution is -2.06. The van der Waals surface area contributed by atoms with Gasteiger partial charge < -0.3 is 10.4 Å². The van der Waals surface area contributed by atoms with E-state index in [1.807, 2.05) is 0 Å². The largest absolute Gasteiger partial charge is 0.416 e. The molecule has 0 aliphatic heterocycles. The minimum absolute atomic E-state index is 0.00701. The smallest absolute Gasteiger partial charge is 0.394 e. The van der Waals surface area contributed by atoms with Crippen LogP contribution in [0.15, 0.2) is 30.6 Å². The number of aliphatic hydroxyl groups is 1. The van der Waals surface area contributed by atoms with Crippen LogP contribution in [0.1, 0.15) is 11.1 Å². The van der Waals surface area contributed by atoms with Crippen molar-refractivity contribution in [2.45, 2.75) is 19.3 Å². The van der Waals surface area contributed by atoms with Gasteiger partial charge in [-0.25, -0.2) is 0 Å². The van der Waals surface area contributed by atoms with Crippen LogP contribution in [0, 0.1) is 0 Å². The summed E-state index contributed by atoms with van der Waals surface area (Å²) in [5.74, 6) is 0. The van der Waals surface area contributed by atoms with Gasteiger partial charge in [0.2, 0.25) is 0 Å². The van der Waals surface area contributed by atoms with E-state index in [1.165, 1.54) is 6.07 Å². The first-order valence-electron chi connectivity index (χ1n) is 6.13. The Hall–Kier alpha value is -1.73. The van der Waals surface area contributed by atoms with Crippen LogP contribution in [0.3, 0.4) is 0 Å². The van der Waals surface area contributed by atoms with Gasteiger partial charge in [-0.15, -0.1) is 0 Å². The highest BCUT2D eigenvalue weighted by Crippen LogP contribution is 2.33. The number of rotatable bonds is 5. The van der Waals surface area contributed by atoms with Crippen molar-refractivity contribution in [3.8, 4) is 0 Å². The molecule has 0 saturated heterocycles. The van der Waals surface area contributed by atoms with Crippen LogP contribution in [-0.2, 0) is 19.3 Å². The highest BCUT2D eigenvalue weighted by atomic mass is 35.5. The van der Waals surface area contributed by atoms with Gasteiger partial charge in [0.15, 0.2) is 0 Å². The van der Waals surface area contributed by atoms with Gasteiger partial charge in [0.1, 0.15) is 0 Å². The molecule has 2 rings (SSSR count). The first-order valence-corrected chi connectivity index (χ1v) is 6.51. The average Bonchev–Trinajstić information content (AvgIpc) is 2.84. The molecule has 0 atom stereocenters. The van der Waals surface area contributed by atoms with Gasteiger partial charge in [-0.1, -0.05) is 11.6 Å². The van der Waals surface area contributed by atoms with E-state index in [2.05, 4.69) is 10.4 Å². The lowest BCUT2D eigenvalue weighted by atomic mass is 10.2. The van der Waals surface area contributed by atoms with Crippen molar-refractivity contribution >= 4 is 17.3 Å². The number of benzene rings is 1. The van der Waals surface area contributed by atoms with Crippen LogP contribution in [0.5, 0.6) is 0 Å². The van der Waals surface area contributed by atoms with E-state index in [4.69, 9.17) is 16.7 Å². The molecule has 0 radical (unpaired) electrons. The molecule has 0 fully saturated rings. The van der Waals surface area contributed by atoms with Gasteiger partial charge in [0, 0.05) is 18.3 Å². The number of nitrogens with one attached hydrogen (secondary N) is 1. The lowest BCUT2D eigenvalue weighted by Gasteiger charge is -2.11. The summed E-state index contributed by atoms with van der Waals surface area (Å²) in [6.45, 7) is 0.747. The predicted molar refractivity (Wildman–Crippen MR) is 73.1 cm³/mol. The van der Waals surface area contributed by atoms with Crippen molar-refractivity contribution in [1.29, 1.82) is 0 Å². The predicted octanol–water partition coefficient (Wildman–Crippen LogP) is 3.16. The van der Waals surface area contributed by atoms with Crippen molar-refractivity contribution in [3.63, 3.8) is 0 Å². The van der Waals surface area contributed by atoms with Gasteiger partial charge in [-0.05, 0) is 18.2 Å². The molecular weight excluding hydrogens is 307 g/mol. The summed E-state index contributed by atoms with van der Waals surface area (Å²) in [5.41, 5.74) is 0.466. The molecule has 1 aromatic carbocycles. The molecule has 0 saturated carbocycles. The minimum Gasteiger partial charge on any atom is -0.394 e. The van der Waals surface area contributed by atoms with Gasteiger partial charge in [0.05, 0.1) is 35.6 Å². The Labute approximate surface area is 124 Å². The molecule has 4 nitrogen and oxygen atoms in total. The number of hydrogen-bond acceptors (Lipinski definition) is 3. The fraction of sp³-hybridized carbons (Fsp3) is 0.308. The number of aliphatic hydroxyl groups excluding tert-OH is 1. The molecule has 0 amide bonds. The Morgan fingerprint density at radius 2 is 2.10 bits per heavy atom. The van der Waals surface area contributed by atoms with Crippen LogP contribution < -0.4 is 5.32 Å². The van der Waals surface area contributed by atoms with Crippen molar-refractivity contribution in [2.24, 2.45) is 0 Å². The molecule has 0 spiro atoms. The van der Waals surface area contributed by atoms with Crippen LogP contribution in [0.25, 0.3) is 0 Å². The molecule has 8 heteroatoms. The Kier molecular flexibility index (Phi) is 4.74. The summed E-state index contributed by atoms with van der Waals surface area (Å²) in [6, 6.07) is 3.16. The van der Waals surface area contributed by atoms with Crippen molar-refractivity contribution < 1.29 is 18.3 Å². The zero-order chi connectivity index (χ0) is 15.5. The third kappa shape index (κ3) is 4.12. The van der Waals surface area contributed by atoms with Gasteiger partial charge in [-0.3, -0.25) is 4.68 Å². The molecule has 2 aromatic rings. The fourth-order valence-electron chi connectivity index (χ4n) is 1.75. The summed E-state index contributed by atoms with van der Waals surface area (Å²) >= 11 is 5.84. The second kappa shape index (κ2) is 6.36. The maximum Gasteiger partial charge on any atom is 0.416 e. The number of alkyl halides is 3. The monoisotopic (exact) mass is 319 g/mol. The van der Waals surface area contributed by atoms with Gasteiger partial charge >= 0.3 is 6.18 Å². The minimum atomic E-state index is -4.41.